The minimum absolute atomic E-state index is 0.186. The minimum atomic E-state index is -1.06. The Morgan fingerprint density at radius 1 is 1.18 bits per heavy atom. The molecule has 0 unspecified atom stereocenters. The molecular weight excluding hydrogens is 436 g/mol. The molecule has 8 heteroatoms. The molecule has 5 nitrogen and oxygen atoms in total. The van der Waals surface area contributed by atoms with E-state index in [0.717, 1.165) is 24.6 Å². The molecule has 3 rings (SSSR count). The lowest BCUT2D eigenvalue weighted by Gasteiger charge is -2.13. The van der Waals surface area contributed by atoms with Gasteiger partial charge in [-0.15, -0.1) is 0 Å². The monoisotopic (exact) mass is 451 g/mol. The van der Waals surface area contributed by atoms with Gasteiger partial charge in [-0.3, -0.25) is 4.79 Å². The molecule has 0 bridgehead atoms. The molecule has 1 heterocycles. The number of hydrogen-bond donors (Lipinski definition) is 0. The first-order chi connectivity index (χ1) is 13.3. The number of Topliss-reactive ketones (excluding diaryl/α,β-unsaturated/α-hetero) is 1. The highest BCUT2D eigenvalue weighted by Gasteiger charge is 2.23. The van der Waals surface area contributed by atoms with Crippen molar-refractivity contribution < 1.29 is 27.5 Å². The Kier molecular flexibility index (Phi) is 5.79. The molecule has 0 saturated heterocycles. The lowest BCUT2D eigenvalue weighted by atomic mass is 10.1. The maximum atomic E-state index is 14.4. The van der Waals surface area contributed by atoms with E-state index in [1.165, 1.54) is 0 Å². The third kappa shape index (κ3) is 3.91. The van der Waals surface area contributed by atoms with Gasteiger partial charge in [-0.25, -0.2) is 13.8 Å². The molecule has 0 saturated carbocycles. The van der Waals surface area contributed by atoms with Crippen LogP contribution in [0.3, 0.4) is 0 Å². The highest BCUT2D eigenvalue weighted by Crippen LogP contribution is 2.34. The van der Waals surface area contributed by atoms with Gasteiger partial charge < -0.3 is 13.9 Å². The van der Waals surface area contributed by atoms with Crippen LogP contribution in [0.2, 0.25) is 0 Å². The van der Waals surface area contributed by atoms with Crippen LogP contribution in [0.1, 0.15) is 36.2 Å². The topological polar surface area (TPSA) is 61.6 Å². The summed E-state index contributed by atoms with van der Waals surface area (Å²) in [6.45, 7) is 2.69. The molecule has 0 amide bonds. The van der Waals surface area contributed by atoms with Gasteiger partial charge in [0.05, 0.1) is 12.7 Å². The predicted octanol–water partition coefficient (Wildman–Crippen LogP) is 5.73. The van der Waals surface area contributed by atoms with Crippen molar-refractivity contribution in [1.29, 1.82) is 0 Å². The molecule has 0 fully saturated rings. The van der Waals surface area contributed by atoms with Crippen LogP contribution in [0.15, 0.2) is 45.5 Å². The van der Waals surface area contributed by atoms with Crippen molar-refractivity contribution in [2.45, 2.75) is 20.0 Å². The van der Waals surface area contributed by atoms with Crippen molar-refractivity contribution in [1.82, 2.24) is 4.98 Å². The fraction of sp³-hybridized carbons (Fsp3) is 0.200. The number of carbonyl (C=O) groups excluding carboxylic acids is 1. The van der Waals surface area contributed by atoms with Crippen LogP contribution in [0, 0.1) is 11.6 Å². The zero-order valence-electron chi connectivity index (χ0n) is 15.3. The van der Waals surface area contributed by atoms with Crippen LogP contribution in [-0.4, -0.2) is 17.9 Å². The van der Waals surface area contributed by atoms with Gasteiger partial charge in [0, 0.05) is 5.56 Å². The van der Waals surface area contributed by atoms with Gasteiger partial charge in [-0.2, -0.15) is 0 Å². The smallest absolute Gasteiger partial charge is 0.237 e. The fourth-order valence-electron chi connectivity index (χ4n) is 2.61. The second-order valence-corrected chi connectivity index (χ2v) is 6.67. The van der Waals surface area contributed by atoms with Crippen molar-refractivity contribution in [3.8, 4) is 22.8 Å². The number of hydrogen-bond acceptors (Lipinski definition) is 5. The second-order valence-electron chi connectivity index (χ2n) is 5.95. The van der Waals surface area contributed by atoms with Gasteiger partial charge in [0.1, 0.15) is 17.3 Å². The average Bonchev–Trinajstić information content (AvgIpc) is 3.06. The number of rotatable bonds is 6. The summed E-state index contributed by atoms with van der Waals surface area (Å²) in [6.07, 6.45) is -0.789. The molecule has 0 aliphatic rings. The summed E-state index contributed by atoms with van der Waals surface area (Å²) < 4.78 is 44.7. The maximum Gasteiger partial charge on any atom is 0.237 e. The SMILES string of the molecule is COc1ccc(-c2nc([C@H](C)Oc3ccc(F)c(C(C)=O)c3F)oc2Br)cc1. The molecule has 3 aromatic rings. The first kappa shape index (κ1) is 20.0. The first-order valence-corrected chi connectivity index (χ1v) is 9.07. The number of methoxy groups -OCH3 is 1. The lowest BCUT2D eigenvalue weighted by molar-refractivity contribution is 0.100. The number of ketones is 1. The molecule has 0 spiro atoms. The van der Waals surface area contributed by atoms with Gasteiger partial charge in [0.25, 0.3) is 0 Å². The first-order valence-electron chi connectivity index (χ1n) is 8.28. The largest absolute Gasteiger partial charge is 0.497 e. The maximum absolute atomic E-state index is 14.4. The van der Waals surface area contributed by atoms with E-state index in [0.29, 0.717) is 16.1 Å². The summed E-state index contributed by atoms with van der Waals surface area (Å²) in [4.78, 5) is 15.9. The van der Waals surface area contributed by atoms with Crippen LogP contribution in [0.4, 0.5) is 8.78 Å². The zero-order valence-corrected chi connectivity index (χ0v) is 16.8. The molecule has 0 radical (unpaired) electrons. The number of halogens is 3. The Balaban J connectivity index is 1.87. The van der Waals surface area contributed by atoms with Crippen LogP contribution < -0.4 is 9.47 Å². The van der Waals surface area contributed by atoms with Gasteiger partial charge >= 0.3 is 0 Å². The summed E-state index contributed by atoms with van der Waals surface area (Å²) in [7, 11) is 1.57. The summed E-state index contributed by atoms with van der Waals surface area (Å²) in [5.41, 5.74) is 0.677. The van der Waals surface area contributed by atoms with Crippen molar-refractivity contribution in [3.05, 3.63) is 64.2 Å². The molecule has 0 aliphatic heterocycles. The van der Waals surface area contributed by atoms with Gasteiger partial charge in [-0.1, -0.05) is 0 Å². The molecule has 2 aromatic carbocycles. The minimum Gasteiger partial charge on any atom is -0.497 e. The van der Waals surface area contributed by atoms with E-state index in [-0.39, 0.29) is 11.6 Å². The number of oxazole rings is 1. The molecule has 1 aromatic heterocycles. The third-order valence-electron chi connectivity index (χ3n) is 4.03. The summed E-state index contributed by atoms with van der Waals surface area (Å²) in [5.74, 6) is -2.10. The Morgan fingerprint density at radius 2 is 1.86 bits per heavy atom. The fourth-order valence-corrected chi connectivity index (χ4v) is 3.09. The standard InChI is InChI=1S/C20H16BrF2NO4/c1-10(25)16-14(22)8-9-15(17(16)23)27-11(2)20-24-18(19(21)28-20)12-4-6-13(26-3)7-5-12/h4-9,11H,1-3H3/t11-/m0/s1. The molecule has 0 N–H and O–H groups in total. The lowest BCUT2D eigenvalue weighted by Crippen LogP contribution is -2.08. The van der Waals surface area contributed by atoms with E-state index in [1.807, 2.05) is 12.1 Å². The van der Waals surface area contributed by atoms with E-state index < -0.39 is 29.1 Å². The predicted molar refractivity (Wildman–Crippen MR) is 102 cm³/mol. The normalized spacial score (nSPS) is 11.9. The van der Waals surface area contributed by atoms with E-state index in [1.54, 1.807) is 26.2 Å². The van der Waals surface area contributed by atoms with Crippen LogP contribution in [0.5, 0.6) is 11.5 Å². The highest BCUT2D eigenvalue weighted by atomic mass is 79.9. The van der Waals surface area contributed by atoms with Crippen molar-refractivity contribution in [2.75, 3.05) is 7.11 Å². The van der Waals surface area contributed by atoms with Crippen molar-refractivity contribution in [3.63, 3.8) is 0 Å². The number of nitrogens with zero attached hydrogens (tertiary/aromatic N) is 1. The van der Waals surface area contributed by atoms with E-state index in [2.05, 4.69) is 20.9 Å². The zero-order chi connectivity index (χ0) is 20.4. The van der Waals surface area contributed by atoms with Crippen LogP contribution in [-0.2, 0) is 0 Å². The molecule has 146 valence electrons. The molecular formula is C20H16BrF2NO4. The van der Waals surface area contributed by atoms with Crippen molar-refractivity contribution in [2.24, 2.45) is 0 Å². The van der Waals surface area contributed by atoms with E-state index in [4.69, 9.17) is 13.9 Å². The van der Waals surface area contributed by atoms with Gasteiger partial charge in [-0.05, 0) is 66.2 Å². The Labute approximate surface area is 168 Å². The average molecular weight is 452 g/mol. The molecule has 0 aliphatic carbocycles. The third-order valence-corrected chi connectivity index (χ3v) is 4.56. The van der Waals surface area contributed by atoms with E-state index in [9.17, 15) is 13.6 Å². The highest BCUT2D eigenvalue weighted by molar-refractivity contribution is 9.10. The number of ether oxygens (including phenoxy) is 2. The molecule has 1 atom stereocenters. The summed E-state index contributed by atoms with van der Waals surface area (Å²) in [6, 6.07) is 9.30. The number of carbonyl (C=O) groups is 1. The summed E-state index contributed by atoms with van der Waals surface area (Å²) in [5, 5.41) is 0. The van der Waals surface area contributed by atoms with Crippen molar-refractivity contribution >= 4 is 21.7 Å². The van der Waals surface area contributed by atoms with E-state index >= 15 is 0 Å². The van der Waals surface area contributed by atoms with Crippen LogP contribution >= 0.6 is 15.9 Å². The Bertz CT molecular complexity index is 1020. The number of benzene rings is 2. The van der Waals surface area contributed by atoms with Gasteiger partial charge in [0.15, 0.2) is 28.1 Å². The molecule has 28 heavy (non-hydrogen) atoms. The Hall–Kier alpha value is -2.74. The van der Waals surface area contributed by atoms with Gasteiger partial charge in [0.2, 0.25) is 5.89 Å². The summed E-state index contributed by atoms with van der Waals surface area (Å²) >= 11 is 3.31. The quantitative estimate of drug-likeness (QED) is 0.447. The van der Waals surface area contributed by atoms with Crippen LogP contribution in [0.25, 0.3) is 11.3 Å². The number of aromatic nitrogens is 1. The Morgan fingerprint density at radius 3 is 2.46 bits per heavy atom. The second kappa shape index (κ2) is 8.10.